The standard InChI is InChI=1S/C24H29N3O4/c1-4-11-25-24(30)18-13-23(29)27(14-18)20-7-9-21(10-8-20)31-15-22(28)26-19-6-5-16(2)17(3)12-19/h5-10,12,18H,4,11,13-15H2,1-3H3,(H,25,30)(H,26,28)/t18-/m1/s1. The van der Waals surface area contributed by atoms with E-state index in [4.69, 9.17) is 4.74 Å². The molecule has 0 saturated carbocycles. The second-order valence-corrected chi connectivity index (χ2v) is 7.83. The molecule has 0 bridgehead atoms. The predicted octanol–water partition coefficient (Wildman–Crippen LogP) is 3.20. The first kappa shape index (κ1) is 22.3. The van der Waals surface area contributed by atoms with E-state index in [2.05, 4.69) is 10.6 Å². The zero-order valence-corrected chi connectivity index (χ0v) is 18.2. The van der Waals surface area contributed by atoms with Gasteiger partial charge in [-0.2, -0.15) is 0 Å². The number of hydrogen-bond donors (Lipinski definition) is 2. The van der Waals surface area contributed by atoms with Gasteiger partial charge in [-0.05, 0) is 67.8 Å². The van der Waals surface area contributed by atoms with Gasteiger partial charge in [-0.1, -0.05) is 13.0 Å². The van der Waals surface area contributed by atoms with Crippen molar-refractivity contribution in [3.8, 4) is 5.75 Å². The summed E-state index contributed by atoms with van der Waals surface area (Å²) < 4.78 is 5.56. The molecule has 0 aromatic heterocycles. The van der Waals surface area contributed by atoms with Crippen LogP contribution in [0.1, 0.15) is 30.9 Å². The highest BCUT2D eigenvalue weighted by molar-refractivity contribution is 6.00. The first-order valence-corrected chi connectivity index (χ1v) is 10.6. The molecule has 7 heteroatoms. The maximum absolute atomic E-state index is 12.3. The lowest BCUT2D eigenvalue weighted by Gasteiger charge is -2.17. The Balaban J connectivity index is 1.52. The van der Waals surface area contributed by atoms with Gasteiger partial charge in [-0.3, -0.25) is 14.4 Å². The molecule has 1 aliphatic rings. The maximum atomic E-state index is 12.3. The van der Waals surface area contributed by atoms with E-state index in [0.717, 1.165) is 17.7 Å². The molecule has 0 unspecified atom stereocenters. The van der Waals surface area contributed by atoms with Crippen LogP contribution >= 0.6 is 0 Å². The number of aryl methyl sites for hydroxylation is 2. The quantitative estimate of drug-likeness (QED) is 0.683. The van der Waals surface area contributed by atoms with Crippen molar-refractivity contribution in [2.75, 3.05) is 29.9 Å². The molecule has 0 aliphatic carbocycles. The summed E-state index contributed by atoms with van der Waals surface area (Å²) in [6.45, 7) is 6.87. The van der Waals surface area contributed by atoms with Crippen LogP contribution in [0.25, 0.3) is 0 Å². The van der Waals surface area contributed by atoms with E-state index in [1.807, 2.05) is 39.0 Å². The van der Waals surface area contributed by atoms with Crippen molar-refractivity contribution in [2.45, 2.75) is 33.6 Å². The number of carbonyl (C=O) groups is 3. The summed E-state index contributed by atoms with van der Waals surface area (Å²) in [6, 6.07) is 12.7. The highest BCUT2D eigenvalue weighted by atomic mass is 16.5. The molecule has 2 aromatic rings. The SMILES string of the molecule is CCCNC(=O)[C@@H]1CC(=O)N(c2ccc(OCC(=O)Nc3ccc(C)c(C)c3)cc2)C1. The first-order valence-electron chi connectivity index (χ1n) is 10.6. The molecule has 31 heavy (non-hydrogen) atoms. The summed E-state index contributed by atoms with van der Waals surface area (Å²) in [6.07, 6.45) is 1.08. The Kier molecular flexibility index (Phi) is 7.28. The van der Waals surface area contributed by atoms with Crippen LogP contribution in [0, 0.1) is 19.8 Å². The minimum absolute atomic E-state index is 0.0712. The first-order chi connectivity index (χ1) is 14.9. The molecule has 1 aliphatic heterocycles. The zero-order chi connectivity index (χ0) is 22.4. The van der Waals surface area contributed by atoms with E-state index in [9.17, 15) is 14.4 Å². The van der Waals surface area contributed by atoms with E-state index in [1.165, 1.54) is 5.56 Å². The van der Waals surface area contributed by atoms with E-state index < -0.39 is 0 Å². The third-order valence-corrected chi connectivity index (χ3v) is 5.35. The molecule has 1 heterocycles. The Hall–Kier alpha value is -3.35. The summed E-state index contributed by atoms with van der Waals surface area (Å²) in [5.74, 6) is -0.194. The average molecular weight is 424 g/mol. The summed E-state index contributed by atoms with van der Waals surface area (Å²) in [4.78, 5) is 38.3. The van der Waals surface area contributed by atoms with Crippen LogP contribution in [-0.2, 0) is 14.4 Å². The number of rotatable bonds is 8. The van der Waals surface area contributed by atoms with E-state index in [0.29, 0.717) is 24.5 Å². The lowest BCUT2D eigenvalue weighted by atomic mass is 10.1. The minimum atomic E-state index is -0.330. The number of carbonyl (C=O) groups excluding carboxylic acids is 3. The molecule has 2 aromatic carbocycles. The van der Waals surface area contributed by atoms with Gasteiger partial charge in [-0.15, -0.1) is 0 Å². The Morgan fingerprint density at radius 3 is 2.52 bits per heavy atom. The van der Waals surface area contributed by atoms with Crippen molar-refractivity contribution in [1.29, 1.82) is 0 Å². The van der Waals surface area contributed by atoms with Gasteiger partial charge in [0.15, 0.2) is 6.61 Å². The van der Waals surface area contributed by atoms with Crippen LogP contribution in [0.15, 0.2) is 42.5 Å². The van der Waals surface area contributed by atoms with E-state index >= 15 is 0 Å². The zero-order valence-electron chi connectivity index (χ0n) is 18.2. The number of nitrogens with zero attached hydrogens (tertiary/aromatic N) is 1. The van der Waals surface area contributed by atoms with Gasteiger partial charge >= 0.3 is 0 Å². The number of nitrogens with one attached hydrogen (secondary N) is 2. The fourth-order valence-corrected chi connectivity index (χ4v) is 3.41. The van der Waals surface area contributed by atoms with Crippen LogP contribution in [0.4, 0.5) is 11.4 Å². The molecule has 2 N–H and O–H groups in total. The van der Waals surface area contributed by atoms with Crippen molar-refractivity contribution in [1.82, 2.24) is 5.32 Å². The molecule has 3 rings (SSSR count). The molecule has 0 spiro atoms. The van der Waals surface area contributed by atoms with Gasteiger partial charge in [-0.25, -0.2) is 0 Å². The lowest BCUT2D eigenvalue weighted by molar-refractivity contribution is -0.126. The van der Waals surface area contributed by atoms with Crippen molar-refractivity contribution in [3.63, 3.8) is 0 Å². The Labute approximate surface area is 182 Å². The third-order valence-electron chi connectivity index (χ3n) is 5.35. The van der Waals surface area contributed by atoms with Gasteiger partial charge < -0.3 is 20.3 Å². The summed E-state index contributed by atoms with van der Waals surface area (Å²) in [7, 11) is 0. The van der Waals surface area contributed by atoms with Crippen LogP contribution in [0.5, 0.6) is 5.75 Å². The van der Waals surface area contributed by atoms with Crippen LogP contribution in [0.3, 0.4) is 0 Å². The molecule has 1 fully saturated rings. The molecule has 1 saturated heterocycles. The number of ether oxygens (including phenoxy) is 1. The number of benzene rings is 2. The largest absolute Gasteiger partial charge is 0.484 e. The molecule has 164 valence electrons. The molecule has 0 radical (unpaired) electrons. The summed E-state index contributed by atoms with van der Waals surface area (Å²) >= 11 is 0. The van der Waals surface area contributed by atoms with E-state index in [1.54, 1.807) is 29.2 Å². The fourth-order valence-electron chi connectivity index (χ4n) is 3.41. The van der Waals surface area contributed by atoms with Crippen LogP contribution < -0.4 is 20.3 Å². The minimum Gasteiger partial charge on any atom is -0.484 e. The van der Waals surface area contributed by atoms with Gasteiger partial charge in [0, 0.05) is 30.9 Å². The third kappa shape index (κ3) is 5.84. The molecule has 1 atom stereocenters. The Morgan fingerprint density at radius 1 is 1.10 bits per heavy atom. The molecular formula is C24H29N3O4. The lowest BCUT2D eigenvalue weighted by Crippen LogP contribution is -2.33. The second kappa shape index (κ2) is 10.1. The normalized spacial score (nSPS) is 15.6. The number of hydrogen-bond acceptors (Lipinski definition) is 4. The highest BCUT2D eigenvalue weighted by Gasteiger charge is 2.34. The predicted molar refractivity (Wildman–Crippen MR) is 120 cm³/mol. The van der Waals surface area contributed by atoms with Gasteiger partial charge in [0.05, 0.1) is 5.92 Å². The fraction of sp³-hybridized carbons (Fsp3) is 0.375. The van der Waals surface area contributed by atoms with Crippen molar-refractivity contribution >= 4 is 29.1 Å². The maximum Gasteiger partial charge on any atom is 0.262 e. The monoisotopic (exact) mass is 423 g/mol. The number of anilines is 2. The Bertz CT molecular complexity index is 956. The average Bonchev–Trinajstić information content (AvgIpc) is 3.15. The van der Waals surface area contributed by atoms with Gasteiger partial charge in [0.25, 0.3) is 5.91 Å². The van der Waals surface area contributed by atoms with Crippen LogP contribution in [0.2, 0.25) is 0 Å². The number of amides is 3. The summed E-state index contributed by atoms with van der Waals surface area (Å²) in [5, 5.41) is 5.67. The van der Waals surface area contributed by atoms with E-state index in [-0.39, 0.29) is 36.7 Å². The Morgan fingerprint density at radius 2 is 1.84 bits per heavy atom. The van der Waals surface area contributed by atoms with Crippen molar-refractivity contribution in [3.05, 3.63) is 53.6 Å². The van der Waals surface area contributed by atoms with Gasteiger partial charge in [0.1, 0.15) is 5.75 Å². The highest BCUT2D eigenvalue weighted by Crippen LogP contribution is 2.27. The smallest absolute Gasteiger partial charge is 0.262 e. The molecular weight excluding hydrogens is 394 g/mol. The molecule has 7 nitrogen and oxygen atoms in total. The van der Waals surface area contributed by atoms with Crippen molar-refractivity contribution < 1.29 is 19.1 Å². The van der Waals surface area contributed by atoms with Crippen molar-refractivity contribution in [2.24, 2.45) is 5.92 Å². The molecule has 3 amide bonds. The summed E-state index contributed by atoms with van der Waals surface area (Å²) in [5.41, 5.74) is 3.72. The van der Waals surface area contributed by atoms with Gasteiger partial charge in [0.2, 0.25) is 11.8 Å². The van der Waals surface area contributed by atoms with Crippen LogP contribution in [-0.4, -0.2) is 37.4 Å². The second-order valence-electron chi connectivity index (χ2n) is 7.83. The topological polar surface area (TPSA) is 87.7 Å².